The molecule has 7 nitrogen and oxygen atoms in total. The molecule has 2 aromatic rings. The van der Waals surface area contributed by atoms with Gasteiger partial charge in [0.1, 0.15) is 10.6 Å². The van der Waals surface area contributed by atoms with Gasteiger partial charge in [-0.05, 0) is 30.1 Å². The van der Waals surface area contributed by atoms with E-state index in [2.05, 4.69) is 19.9 Å². The third-order valence-corrected chi connectivity index (χ3v) is 3.26. The Morgan fingerprint density at radius 3 is 2.80 bits per heavy atom. The standard InChI is InChI=1S/C12H12N4O3S/c1-2-3-8-10(20-16-15-8)11(17)14-7-4-5-9(12(18)19)13-6-7/h4-6H,2-3H2,1H3,(H,14,17)(H,18,19). The van der Waals surface area contributed by atoms with Crippen molar-refractivity contribution in [2.45, 2.75) is 19.8 Å². The number of hydrogen-bond acceptors (Lipinski definition) is 6. The minimum absolute atomic E-state index is 0.0749. The summed E-state index contributed by atoms with van der Waals surface area (Å²) in [5.74, 6) is -1.42. The summed E-state index contributed by atoms with van der Waals surface area (Å²) in [5, 5.41) is 15.3. The summed E-state index contributed by atoms with van der Waals surface area (Å²) in [6, 6.07) is 2.82. The first-order valence-corrected chi connectivity index (χ1v) is 6.71. The predicted octanol–water partition coefficient (Wildman–Crippen LogP) is 1.84. The second kappa shape index (κ2) is 6.20. The normalized spacial score (nSPS) is 10.2. The van der Waals surface area contributed by atoms with Crippen LogP contribution in [0.2, 0.25) is 0 Å². The minimum atomic E-state index is -1.11. The van der Waals surface area contributed by atoms with Crippen molar-refractivity contribution < 1.29 is 14.7 Å². The number of carbonyl (C=O) groups excluding carboxylic acids is 1. The second-order valence-electron chi connectivity index (χ2n) is 3.99. The minimum Gasteiger partial charge on any atom is -0.477 e. The van der Waals surface area contributed by atoms with Gasteiger partial charge in [0, 0.05) is 0 Å². The highest BCUT2D eigenvalue weighted by Gasteiger charge is 2.16. The Morgan fingerprint density at radius 2 is 2.20 bits per heavy atom. The number of nitrogens with zero attached hydrogens (tertiary/aromatic N) is 3. The molecule has 0 fully saturated rings. The number of aromatic carboxylic acids is 1. The average Bonchev–Trinajstić information content (AvgIpc) is 2.88. The molecule has 104 valence electrons. The fraction of sp³-hybridized carbons (Fsp3) is 0.250. The molecule has 0 bridgehead atoms. The fourth-order valence-electron chi connectivity index (χ4n) is 1.56. The summed E-state index contributed by atoms with van der Waals surface area (Å²) in [4.78, 5) is 26.9. The van der Waals surface area contributed by atoms with Crippen LogP contribution >= 0.6 is 11.5 Å². The molecule has 2 rings (SSSR count). The molecule has 2 N–H and O–H groups in total. The number of amides is 1. The summed E-state index contributed by atoms with van der Waals surface area (Å²) in [6.45, 7) is 2.00. The third kappa shape index (κ3) is 3.15. The van der Waals surface area contributed by atoms with Gasteiger partial charge in [0.2, 0.25) is 0 Å². The molecular weight excluding hydrogens is 280 g/mol. The number of carboxylic acid groups (broad SMARTS) is 1. The van der Waals surface area contributed by atoms with Crippen LogP contribution in [0.5, 0.6) is 0 Å². The van der Waals surface area contributed by atoms with Gasteiger partial charge in [0.05, 0.1) is 17.6 Å². The van der Waals surface area contributed by atoms with E-state index < -0.39 is 5.97 Å². The maximum Gasteiger partial charge on any atom is 0.354 e. The van der Waals surface area contributed by atoms with Gasteiger partial charge in [-0.25, -0.2) is 9.78 Å². The molecule has 2 heterocycles. The predicted molar refractivity (Wildman–Crippen MR) is 73.1 cm³/mol. The first-order valence-electron chi connectivity index (χ1n) is 5.93. The Bertz CT molecular complexity index is 624. The van der Waals surface area contributed by atoms with Crippen LogP contribution in [0.3, 0.4) is 0 Å². The lowest BCUT2D eigenvalue weighted by molar-refractivity contribution is 0.0690. The van der Waals surface area contributed by atoms with Crippen LogP contribution in [0.4, 0.5) is 5.69 Å². The van der Waals surface area contributed by atoms with Gasteiger partial charge >= 0.3 is 5.97 Å². The molecule has 2 aromatic heterocycles. The molecule has 8 heteroatoms. The van der Waals surface area contributed by atoms with Gasteiger partial charge in [-0.3, -0.25) is 4.79 Å². The Balaban J connectivity index is 2.11. The van der Waals surface area contributed by atoms with Gasteiger partial charge in [0.15, 0.2) is 0 Å². The number of pyridine rings is 1. The van der Waals surface area contributed by atoms with E-state index in [0.29, 0.717) is 22.7 Å². The van der Waals surface area contributed by atoms with Crippen molar-refractivity contribution >= 4 is 29.1 Å². The monoisotopic (exact) mass is 292 g/mol. The largest absolute Gasteiger partial charge is 0.477 e. The molecule has 0 aromatic carbocycles. The Hall–Kier alpha value is -2.35. The van der Waals surface area contributed by atoms with Crippen LogP contribution in [0.25, 0.3) is 0 Å². The lowest BCUT2D eigenvalue weighted by Gasteiger charge is -2.04. The summed E-state index contributed by atoms with van der Waals surface area (Å²) in [7, 11) is 0. The molecule has 0 aliphatic carbocycles. The molecule has 0 unspecified atom stereocenters. The number of carboxylic acids is 1. The highest BCUT2D eigenvalue weighted by Crippen LogP contribution is 2.15. The van der Waals surface area contributed by atoms with Crippen molar-refractivity contribution in [2.24, 2.45) is 0 Å². The van der Waals surface area contributed by atoms with E-state index in [0.717, 1.165) is 18.0 Å². The van der Waals surface area contributed by atoms with Crippen LogP contribution in [-0.4, -0.2) is 31.6 Å². The van der Waals surface area contributed by atoms with Crippen molar-refractivity contribution in [3.05, 3.63) is 34.6 Å². The van der Waals surface area contributed by atoms with Crippen LogP contribution < -0.4 is 5.32 Å². The van der Waals surface area contributed by atoms with E-state index in [-0.39, 0.29) is 11.6 Å². The highest BCUT2D eigenvalue weighted by molar-refractivity contribution is 7.08. The van der Waals surface area contributed by atoms with Crippen molar-refractivity contribution in [1.29, 1.82) is 0 Å². The van der Waals surface area contributed by atoms with Gasteiger partial charge in [-0.2, -0.15) is 0 Å². The smallest absolute Gasteiger partial charge is 0.354 e. The number of aromatic nitrogens is 3. The number of anilines is 1. The molecule has 0 saturated heterocycles. The first kappa shape index (κ1) is 14.1. The van der Waals surface area contributed by atoms with E-state index in [1.54, 1.807) is 0 Å². The summed E-state index contributed by atoms with van der Waals surface area (Å²) in [5.41, 5.74) is 1.02. The van der Waals surface area contributed by atoms with Gasteiger partial charge in [0.25, 0.3) is 5.91 Å². The first-order chi connectivity index (χ1) is 9.61. The van der Waals surface area contributed by atoms with Crippen LogP contribution in [-0.2, 0) is 6.42 Å². The Kier molecular flexibility index (Phi) is 4.36. The molecule has 20 heavy (non-hydrogen) atoms. The van der Waals surface area contributed by atoms with E-state index in [4.69, 9.17) is 5.11 Å². The Labute approximate surface area is 118 Å². The molecule has 0 aliphatic heterocycles. The zero-order valence-electron chi connectivity index (χ0n) is 10.7. The van der Waals surface area contributed by atoms with Crippen LogP contribution in [0.1, 0.15) is 39.2 Å². The number of carbonyl (C=O) groups is 2. The van der Waals surface area contributed by atoms with E-state index in [1.165, 1.54) is 18.3 Å². The molecule has 0 saturated carbocycles. The molecule has 0 atom stereocenters. The lowest BCUT2D eigenvalue weighted by atomic mass is 10.2. The van der Waals surface area contributed by atoms with Crippen molar-refractivity contribution in [3.63, 3.8) is 0 Å². The maximum atomic E-state index is 12.1. The maximum absolute atomic E-state index is 12.1. The number of rotatable bonds is 5. The second-order valence-corrected chi connectivity index (χ2v) is 4.74. The molecule has 0 radical (unpaired) electrons. The van der Waals surface area contributed by atoms with Gasteiger partial charge < -0.3 is 10.4 Å². The van der Waals surface area contributed by atoms with Crippen molar-refractivity contribution in [1.82, 2.24) is 14.6 Å². The summed E-state index contributed by atoms with van der Waals surface area (Å²) < 4.78 is 3.78. The fourth-order valence-corrected chi connectivity index (χ4v) is 2.17. The SMILES string of the molecule is CCCc1nnsc1C(=O)Nc1ccc(C(=O)O)nc1. The quantitative estimate of drug-likeness (QED) is 0.871. The lowest BCUT2D eigenvalue weighted by Crippen LogP contribution is -2.13. The Morgan fingerprint density at radius 1 is 1.40 bits per heavy atom. The zero-order valence-corrected chi connectivity index (χ0v) is 11.5. The van der Waals surface area contributed by atoms with Crippen LogP contribution in [0, 0.1) is 0 Å². The average molecular weight is 292 g/mol. The number of hydrogen-bond donors (Lipinski definition) is 2. The third-order valence-electron chi connectivity index (χ3n) is 2.49. The molecule has 0 spiro atoms. The van der Waals surface area contributed by atoms with E-state index >= 15 is 0 Å². The molecule has 0 aliphatic rings. The highest BCUT2D eigenvalue weighted by atomic mass is 32.1. The molecular formula is C12H12N4O3S. The summed E-state index contributed by atoms with van der Waals surface area (Å²) in [6.07, 6.45) is 2.87. The van der Waals surface area contributed by atoms with Gasteiger partial charge in [-0.15, -0.1) is 5.10 Å². The molecule has 1 amide bonds. The van der Waals surface area contributed by atoms with E-state index in [9.17, 15) is 9.59 Å². The topological polar surface area (TPSA) is 105 Å². The van der Waals surface area contributed by atoms with E-state index in [1.807, 2.05) is 6.92 Å². The number of nitrogens with one attached hydrogen (secondary N) is 1. The van der Waals surface area contributed by atoms with Gasteiger partial charge in [-0.1, -0.05) is 17.8 Å². The van der Waals surface area contributed by atoms with Crippen molar-refractivity contribution in [3.8, 4) is 0 Å². The van der Waals surface area contributed by atoms with Crippen molar-refractivity contribution in [2.75, 3.05) is 5.32 Å². The van der Waals surface area contributed by atoms with Crippen LogP contribution in [0.15, 0.2) is 18.3 Å². The number of aryl methyl sites for hydroxylation is 1. The zero-order chi connectivity index (χ0) is 14.5. The summed E-state index contributed by atoms with van der Waals surface area (Å²) >= 11 is 1.04.